The highest BCUT2D eigenvalue weighted by molar-refractivity contribution is 9.13. The van der Waals surface area contributed by atoms with E-state index in [2.05, 4.69) is 31.9 Å². The number of thiophene rings is 1. The highest BCUT2D eigenvalue weighted by Crippen LogP contribution is 2.35. The number of halogens is 2. The smallest absolute Gasteiger partial charge is 0.174 e. The van der Waals surface area contributed by atoms with Crippen LogP contribution in [0.5, 0.6) is 0 Å². The van der Waals surface area contributed by atoms with Gasteiger partial charge in [-0.1, -0.05) is 25.7 Å². The van der Waals surface area contributed by atoms with Gasteiger partial charge in [-0.25, -0.2) is 0 Å². The summed E-state index contributed by atoms with van der Waals surface area (Å²) in [4.78, 5) is 12.9. The molecule has 2 rings (SSSR count). The fraction of sp³-hybridized carbons (Fsp3) is 0.545. The number of hydrogen-bond acceptors (Lipinski definition) is 2. The molecule has 0 radical (unpaired) electrons. The van der Waals surface area contributed by atoms with Crippen LogP contribution < -0.4 is 0 Å². The van der Waals surface area contributed by atoms with Gasteiger partial charge in [-0.2, -0.15) is 0 Å². The van der Waals surface area contributed by atoms with Gasteiger partial charge in [0.2, 0.25) is 0 Å². The topological polar surface area (TPSA) is 17.1 Å². The van der Waals surface area contributed by atoms with Crippen molar-refractivity contribution in [3.8, 4) is 0 Å². The van der Waals surface area contributed by atoms with Gasteiger partial charge < -0.3 is 0 Å². The van der Waals surface area contributed by atoms with Crippen LogP contribution in [0.15, 0.2) is 14.3 Å². The van der Waals surface area contributed by atoms with Gasteiger partial charge in [-0.05, 0) is 37.8 Å². The zero-order chi connectivity index (χ0) is 10.8. The zero-order valence-electron chi connectivity index (χ0n) is 8.26. The van der Waals surface area contributed by atoms with Gasteiger partial charge in [0.1, 0.15) is 0 Å². The van der Waals surface area contributed by atoms with E-state index in [0.717, 1.165) is 20.2 Å². The second-order valence-corrected chi connectivity index (χ2v) is 6.53. The third-order valence-electron chi connectivity index (χ3n) is 2.89. The van der Waals surface area contributed by atoms with Crippen LogP contribution in [0.3, 0.4) is 0 Å². The van der Waals surface area contributed by atoms with Gasteiger partial charge in [-0.15, -0.1) is 11.3 Å². The zero-order valence-corrected chi connectivity index (χ0v) is 12.3. The van der Waals surface area contributed by atoms with Crippen molar-refractivity contribution in [3.63, 3.8) is 0 Å². The maximum absolute atomic E-state index is 12.0. The van der Waals surface area contributed by atoms with Gasteiger partial charge in [0.15, 0.2) is 5.78 Å². The minimum absolute atomic E-state index is 0.296. The predicted octanol–water partition coefficient (Wildman–Crippen LogP) is 5.04. The van der Waals surface area contributed by atoms with E-state index in [4.69, 9.17) is 0 Å². The molecule has 0 amide bonds. The molecule has 0 aromatic carbocycles. The number of carbonyl (C=O) groups excluding carboxylic acids is 1. The van der Waals surface area contributed by atoms with E-state index < -0.39 is 0 Å². The lowest BCUT2D eigenvalue weighted by atomic mass is 10.0. The molecule has 0 atom stereocenters. The minimum Gasteiger partial charge on any atom is -0.293 e. The minimum atomic E-state index is 0.296. The summed E-state index contributed by atoms with van der Waals surface area (Å²) in [5.41, 5.74) is 0. The molecular formula is C11H12Br2OS. The SMILES string of the molecule is O=C(CC1CCCC1)c1scc(Br)c1Br. The maximum Gasteiger partial charge on any atom is 0.174 e. The molecule has 4 heteroatoms. The molecule has 0 saturated heterocycles. The molecule has 1 aromatic rings. The number of carbonyl (C=O) groups is 1. The van der Waals surface area contributed by atoms with E-state index in [9.17, 15) is 4.79 Å². The first kappa shape index (κ1) is 11.8. The van der Waals surface area contributed by atoms with Crippen LogP contribution in [-0.2, 0) is 0 Å². The van der Waals surface area contributed by atoms with E-state index in [0.29, 0.717) is 11.7 Å². The summed E-state index contributed by atoms with van der Waals surface area (Å²) >= 11 is 8.38. The molecule has 0 spiro atoms. The van der Waals surface area contributed by atoms with Crippen molar-refractivity contribution in [2.45, 2.75) is 32.1 Å². The Morgan fingerprint density at radius 1 is 1.40 bits per heavy atom. The molecule has 1 aliphatic rings. The summed E-state index contributed by atoms with van der Waals surface area (Å²) in [5, 5.41) is 1.96. The second-order valence-electron chi connectivity index (χ2n) is 4.00. The Hall–Kier alpha value is 0.330. The first-order valence-electron chi connectivity index (χ1n) is 5.14. The fourth-order valence-electron chi connectivity index (χ4n) is 2.08. The van der Waals surface area contributed by atoms with Crippen molar-refractivity contribution in [1.82, 2.24) is 0 Å². The standard InChI is InChI=1S/C11H12Br2OS/c12-8-6-15-11(10(8)13)9(14)5-7-3-1-2-4-7/h6-7H,1-5H2. The van der Waals surface area contributed by atoms with Crippen molar-refractivity contribution in [3.05, 3.63) is 19.2 Å². The highest BCUT2D eigenvalue weighted by atomic mass is 79.9. The molecule has 0 unspecified atom stereocenters. The lowest BCUT2D eigenvalue weighted by Gasteiger charge is -2.06. The highest BCUT2D eigenvalue weighted by Gasteiger charge is 2.22. The number of rotatable bonds is 3. The summed E-state index contributed by atoms with van der Waals surface area (Å²) in [6.07, 6.45) is 5.79. The third-order valence-corrected chi connectivity index (χ3v) is 6.46. The van der Waals surface area contributed by atoms with Gasteiger partial charge in [0.25, 0.3) is 0 Å². The Labute approximate surface area is 111 Å². The summed E-state index contributed by atoms with van der Waals surface area (Å²) < 4.78 is 1.91. The summed E-state index contributed by atoms with van der Waals surface area (Å²) in [6.45, 7) is 0. The molecule has 0 bridgehead atoms. The Bertz CT molecular complexity index is 367. The molecule has 1 saturated carbocycles. The van der Waals surface area contributed by atoms with Gasteiger partial charge in [0, 0.05) is 16.3 Å². The largest absolute Gasteiger partial charge is 0.293 e. The first-order chi connectivity index (χ1) is 7.18. The normalized spacial score (nSPS) is 17.2. The van der Waals surface area contributed by atoms with Gasteiger partial charge in [0.05, 0.1) is 9.35 Å². The predicted molar refractivity (Wildman–Crippen MR) is 70.6 cm³/mol. The van der Waals surface area contributed by atoms with Crippen LogP contribution in [-0.4, -0.2) is 5.78 Å². The van der Waals surface area contributed by atoms with Gasteiger partial charge >= 0.3 is 0 Å². The first-order valence-corrected chi connectivity index (χ1v) is 7.60. The van der Waals surface area contributed by atoms with Crippen molar-refractivity contribution in [2.75, 3.05) is 0 Å². The summed E-state index contributed by atoms with van der Waals surface area (Å²) in [5.74, 6) is 0.926. The Kier molecular flexibility index (Phi) is 4.02. The summed E-state index contributed by atoms with van der Waals surface area (Å²) in [7, 11) is 0. The molecule has 1 fully saturated rings. The van der Waals surface area contributed by atoms with E-state index in [1.165, 1.54) is 37.0 Å². The lowest BCUT2D eigenvalue weighted by Crippen LogP contribution is -2.04. The Morgan fingerprint density at radius 2 is 2.07 bits per heavy atom. The van der Waals surface area contributed by atoms with E-state index in [1.54, 1.807) is 0 Å². The molecule has 1 aliphatic carbocycles. The van der Waals surface area contributed by atoms with Crippen molar-refractivity contribution < 1.29 is 4.79 Å². The lowest BCUT2D eigenvalue weighted by molar-refractivity contribution is 0.0965. The molecule has 82 valence electrons. The molecule has 1 nitrogen and oxygen atoms in total. The van der Waals surface area contributed by atoms with E-state index in [-0.39, 0.29) is 0 Å². The van der Waals surface area contributed by atoms with Crippen LogP contribution in [0.1, 0.15) is 41.8 Å². The molecular weight excluding hydrogens is 340 g/mol. The van der Waals surface area contributed by atoms with Crippen molar-refractivity contribution in [1.29, 1.82) is 0 Å². The van der Waals surface area contributed by atoms with Crippen LogP contribution in [0.4, 0.5) is 0 Å². The number of hydrogen-bond donors (Lipinski definition) is 0. The third kappa shape index (κ3) is 2.71. The average Bonchev–Trinajstić information content (AvgIpc) is 2.79. The number of Topliss-reactive ketones (excluding diaryl/α,β-unsaturated/α-hetero) is 1. The van der Waals surface area contributed by atoms with Crippen LogP contribution in [0.2, 0.25) is 0 Å². The quantitative estimate of drug-likeness (QED) is 0.697. The average molecular weight is 352 g/mol. The van der Waals surface area contributed by atoms with Crippen LogP contribution in [0, 0.1) is 5.92 Å². The molecule has 0 aliphatic heterocycles. The van der Waals surface area contributed by atoms with Crippen LogP contribution >= 0.6 is 43.2 Å². The van der Waals surface area contributed by atoms with E-state index >= 15 is 0 Å². The monoisotopic (exact) mass is 350 g/mol. The summed E-state index contributed by atoms with van der Waals surface area (Å²) in [6, 6.07) is 0. The molecule has 1 aromatic heterocycles. The maximum atomic E-state index is 12.0. The Balaban J connectivity index is 2.04. The van der Waals surface area contributed by atoms with Gasteiger partial charge in [-0.3, -0.25) is 4.79 Å². The van der Waals surface area contributed by atoms with Crippen LogP contribution in [0.25, 0.3) is 0 Å². The molecule has 1 heterocycles. The van der Waals surface area contributed by atoms with Crippen molar-refractivity contribution in [2.24, 2.45) is 5.92 Å². The van der Waals surface area contributed by atoms with E-state index in [1.807, 2.05) is 5.38 Å². The molecule has 15 heavy (non-hydrogen) atoms. The number of ketones is 1. The van der Waals surface area contributed by atoms with Crippen molar-refractivity contribution >= 4 is 49.0 Å². The second kappa shape index (κ2) is 5.11. The Morgan fingerprint density at radius 3 is 2.60 bits per heavy atom. The fourth-order valence-corrected chi connectivity index (χ4v) is 4.22. The molecule has 0 N–H and O–H groups in total.